The molecule has 0 atom stereocenters. The molecule has 0 unspecified atom stereocenters. The zero-order valence-electron chi connectivity index (χ0n) is 10.6. The molecule has 2 rings (SSSR count). The smallest absolute Gasteiger partial charge is 0.323 e. The molecule has 0 fully saturated rings. The minimum atomic E-state index is -0.904. The van der Waals surface area contributed by atoms with Gasteiger partial charge in [-0.25, -0.2) is 0 Å². The monoisotopic (exact) mass is 261 g/mol. The van der Waals surface area contributed by atoms with Crippen molar-refractivity contribution >= 4 is 11.7 Å². The maximum Gasteiger partial charge on any atom is 0.323 e. The highest BCUT2D eigenvalue weighted by atomic mass is 16.5. The Bertz CT molecular complexity index is 539. The van der Waals surface area contributed by atoms with E-state index in [9.17, 15) is 4.79 Å². The number of anilines is 1. The molecule has 6 heteroatoms. The third-order valence-electron chi connectivity index (χ3n) is 2.60. The fourth-order valence-electron chi connectivity index (χ4n) is 1.70. The molecule has 0 saturated carbocycles. The van der Waals surface area contributed by atoms with Gasteiger partial charge < -0.3 is 14.5 Å². The highest BCUT2D eigenvalue weighted by molar-refractivity contribution is 5.73. The maximum absolute atomic E-state index is 10.9. The molecule has 100 valence electrons. The summed E-state index contributed by atoms with van der Waals surface area (Å²) >= 11 is 0. The molecule has 0 aliphatic carbocycles. The predicted octanol–water partition coefficient (Wildman–Crippen LogP) is 1.72. The van der Waals surface area contributed by atoms with E-state index in [-0.39, 0.29) is 13.1 Å². The van der Waals surface area contributed by atoms with Crippen molar-refractivity contribution in [3.05, 3.63) is 42.0 Å². The predicted molar refractivity (Wildman–Crippen MR) is 68.8 cm³/mol. The fourth-order valence-corrected chi connectivity index (χ4v) is 1.70. The van der Waals surface area contributed by atoms with Gasteiger partial charge in [-0.2, -0.15) is 4.98 Å². The number of aryl methyl sites for hydroxylation is 1. The highest BCUT2D eigenvalue weighted by Crippen LogP contribution is 2.15. The third-order valence-corrected chi connectivity index (χ3v) is 2.60. The van der Waals surface area contributed by atoms with E-state index in [2.05, 4.69) is 10.1 Å². The number of benzene rings is 1. The summed E-state index contributed by atoms with van der Waals surface area (Å²) in [6, 6.07) is 9.29. The quantitative estimate of drug-likeness (QED) is 0.853. The lowest BCUT2D eigenvalue weighted by molar-refractivity contribution is -0.135. The van der Waals surface area contributed by atoms with E-state index in [0.717, 1.165) is 5.69 Å². The van der Waals surface area contributed by atoms with Crippen LogP contribution in [0.2, 0.25) is 0 Å². The Morgan fingerprint density at radius 1 is 1.37 bits per heavy atom. The van der Waals surface area contributed by atoms with E-state index in [1.165, 1.54) is 0 Å². The van der Waals surface area contributed by atoms with Crippen LogP contribution in [0.5, 0.6) is 0 Å². The minimum Gasteiger partial charge on any atom is -0.480 e. The van der Waals surface area contributed by atoms with Crippen molar-refractivity contribution < 1.29 is 14.4 Å². The van der Waals surface area contributed by atoms with Crippen LogP contribution in [-0.2, 0) is 17.8 Å². The van der Waals surface area contributed by atoms with Crippen molar-refractivity contribution in [3.63, 3.8) is 0 Å². The summed E-state index contributed by atoms with van der Waals surface area (Å²) < 4.78 is 5.09. The van der Waals surface area contributed by atoms with Gasteiger partial charge in [-0.05, 0) is 12.1 Å². The third kappa shape index (κ3) is 3.54. The number of aromatic nitrogens is 2. The summed E-state index contributed by atoms with van der Waals surface area (Å²) in [7, 11) is 0. The first-order chi connectivity index (χ1) is 9.19. The van der Waals surface area contributed by atoms with Crippen LogP contribution in [0.25, 0.3) is 0 Å². The van der Waals surface area contributed by atoms with Crippen LogP contribution in [-0.4, -0.2) is 27.8 Å². The summed E-state index contributed by atoms with van der Waals surface area (Å²) in [5.41, 5.74) is 0.807. The first-order valence-electron chi connectivity index (χ1n) is 6.02. The molecule has 6 nitrogen and oxygen atoms in total. The number of hydrogen-bond acceptors (Lipinski definition) is 5. The lowest BCUT2D eigenvalue weighted by Gasteiger charge is -2.20. The van der Waals surface area contributed by atoms with E-state index in [1.54, 1.807) is 4.90 Å². The summed E-state index contributed by atoms with van der Waals surface area (Å²) in [5, 5.41) is 12.8. The molecular formula is C13H15N3O3. The summed E-state index contributed by atoms with van der Waals surface area (Å²) in [6.07, 6.45) is 0.688. The average molecular weight is 261 g/mol. The van der Waals surface area contributed by atoms with Crippen molar-refractivity contribution in [3.8, 4) is 0 Å². The second-order valence-electron chi connectivity index (χ2n) is 4.04. The molecule has 1 heterocycles. The molecule has 0 amide bonds. The molecule has 1 aromatic carbocycles. The van der Waals surface area contributed by atoms with Gasteiger partial charge in [0, 0.05) is 12.1 Å². The number of hydrogen-bond donors (Lipinski definition) is 1. The van der Waals surface area contributed by atoms with Crippen molar-refractivity contribution in [2.45, 2.75) is 19.9 Å². The van der Waals surface area contributed by atoms with E-state index < -0.39 is 5.97 Å². The van der Waals surface area contributed by atoms with Crippen LogP contribution in [0.4, 0.5) is 5.69 Å². The van der Waals surface area contributed by atoms with E-state index in [0.29, 0.717) is 18.1 Å². The van der Waals surface area contributed by atoms with Crippen molar-refractivity contribution in [2.75, 3.05) is 11.4 Å². The molecule has 1 aromatic heterocycles. The van der Waals surface area contributed by atoms with Gasteiger partial charge >= 0.3 is 5.97 Å². The number of aliphatic carboxylic acids is 1. The molecule has 19 heavy (non-hydrogen) atoms. The van der Waals surface area contributed by atoms with Crippen LogP contribution in [0.1, 0.15) is 18.6 Å². The molecule has 0 spiro atoms. The van der Waals surface area contributed by atoms with Gasteiger partial charge in [0.05, 0.1) is 6.54 Å². The first kappa shape index (κ1) is 13.1. The SMILES string of the molecule is CCc1noc(CN(CC(=O)O)c2ccccc2)n1. The number of nitrogens with zero attached hydrogens (tertiary/aromatic N) is 3. The van der Waals surface area contributed by atoms with Gasteiger partial charge in [0.15, 0.2) is 5.82 Å². The van der Waals surface area contributed by atoms with E-state index >= 15 is 0 Å². The average Bonchev–Trinajstić information content (AvgIpc) is 2.86. The first-order valence-corrected chi connectivity index (χ1v) is 6.02. The van der Waals surface area contributed by atoms with Gasteiger partial charge in [-0.1, -0.05) is 30.3 Å². The van der Waals surface area contributed by atoms with Crippen LogP contribution in [0, 0.1) is 0 Å². The molecule has 1 N–H and O–H groups in total. The van der Waals surface area contributed by atoms with Gasteiger partial charge in [-0.15, -0.1) is 0 Å². The number of carboxylic acids is 1. The molecular weight excluding hydrogens is 246 g/mol. The number of carbonyl (C=O) groups is 1. The van der Waals surface area contributed by atoms with Crippen LogP contribution in [0.15, 0.2) is 34.9 Å². The number of carboxylic acid groups (broad SMARTS) is 1. The Morgan fingerprint density at radius 2 is 2.11 bits per heavy atom. The van der Waals surface area contributed by atoms with Gasteiger partial charge in [-0.3, -0.25) is 4.79 Å². The number of para-hydroxylation sites is 1. The standard InChI is InChI=1S/C13H15N3O3/c1-2-11-14-12(19-15-11)8-16(9-13(17)18)10-6-4-3-5-7-10/h3-7H,2,8-9H2,1H3,(H,17,18). The Kier molecular flexibility index (Phi) is 4.12. The summed E-state index contributed by atoms with van der Waals surface area (Å²) in [4.78, 5) is 16.8. The van der Waals surface area contributed by atoms with Gasteiger partial charge in [0.2, 0.25) is 5.89 Å². The van der Waals surface area contributed by atoms with Crippen molar-refractivity contribution in [2.24, 2.45) is 0 Å². The fraction of sp³-hybridized carbons (Fsp3) is 0.308. The lowest BCUT2D eigenvalue weighted by Crippen LogP contribution is -2.29. The summed E-state index contributed by atoms with van der Waals surface area (Å²) in [6.45, 7) is 2.10. The zero-order valence-corrected chi connectivity index (χ0v) is 10.6. The van der Waals surface area contributed by atoms with Gasteiger partial charge in [0.1, 0.15) is 6.54 Å². The molecule has 0 radical (unpaired) electrons. The molecule has 0 saturated heterocycles. The number of rotatable bonds is 6. The molecule has 0 aliphatic rings. The second kappa shape index (κ2) is 5.99. The second-order valence-corrected chi connectivity index (χ2v) is 4.04. The molecule has 2 aromatic rings. The Labute approximate surface area is 110 Å². The highest BCUT2D eigenvalue weighted by Gasteiger charge is 2.15. The summed E-state index contributed by atoms with van der Waals surface area (Å²) in [5.74, 6) is 0.138. The van der Waals surface area contributed by atoms with E-state index in [4.69, 9.17) is 9.63 Å². The van der Waals surface area contributed by atoms with Crippen LogP contribution >= 0.6 is 0 Å². The van der Waals surface area contributed by atoms with Crippen LogP contribution < -0.4 is 4.90 Å². The maximum atomic E-state index is 10.9. The lowest BCUT2D eigenvalue weighted by atomic mass is 10.3. The molecule has 0 aliphatic heterocycles. The molecule has 0 bridgehead atoms. The van der Waals surface area contributed by atoms with Gasteiger partial charge in [0.25, 0.3) is 0 Å². The van der Waals surface area contributed by atoms with Crippen molar-refractivity contribution in [1.29, 1.82) is 0 Å². The Morgan fingerprint density at radius 3 is 2.68 bits per heavy atom. The van der Waals surface area contributed by atoms with Crippen LogP contribution in [0.3, 0.4) is 0 Å². The Balaban J connectivity index is 2.16. The minimum absolute atomic E-state index is 0.117. The normalized spacial score (nSPS) is 10.4. The topological polar surface area (TPSA) is 79.5 Å². The van der Waals surface area contributed by atoms with Crippen molar-refractivity contribution in [1.82, 2.24) is 10.1 Å². The Hall–Kier alpha value is -2.37. The van der Waals surface area contributed by atoms with E-state index in [1.807, 2.05) is 37.3 Å². The largest absolute Gasteiger partial charge is 0.480 e. The zero-order chi connectivity index (χ0) is 13.7.